The lowest BCUT2D eigenvalue weighted by Gasteiger charge is -2.40. The number of aryl methyl sites for hydroxylation is 1. The molecular weight excluding hydrogens is 534 g/mol. The number of nitrogens with zero attached hydrogens (tertiary/aromatic N) is 6. The van der Waals surface area contributed by atoms with E-state index < -0.39 is 0 Å². The number of hydrogen-bond donors (Lipinski definition) is 1. The van der Waals surface area contributed by atoms with E-state index >= 15 is 0 Å². The maximum atomic E-state index is 6.33. The third kappa shape index (κ3) is 4.42. The van der Waals surface area contributed by atoms with Gasteiger partial charge in [-0.15, -0.1) is 0 Å². The molecule has 4 heterocycles. The number of fused-ring (bicyclic) bond motifs is 4. The molecule has 0 fully saturated rings. The molecule has 8 nitrogen and oxygen atoms in total. The quantitative estimate of drug-likeness (QED) is 0.242. The summed E-state index contributed by atoms with van der Waals surface area (Å²) >= 11 is 6.33. The molecule has 0 bridgehead atoms. The molecule has 0 spiro atoms. The number of rotatable bonds is 5. The van der Waals surface area contributed by atoms with Gasteiger partial charge in [-0.1, -0.05) is 41.9 Å². The Balaban J connectivity index is 1.44. The lowest BCUT2D eigenvalue weighted by molar-refractivity contribution is 0.340. The molecule has 3 aromatic carbocycles. The number of amidine groups is 2. The Morgan fingerprint density at radius 3 is 2.44 bits per heavy atom. The van der Waals surface area contributed by atoms with Gasteiger partial charge in [0.25, 0.3) is 0 Å². The second-order valence-electron chi connectivity index (χ2n) is 9.71. The van der Waals surface area contributed by atoms with Crippen molar-refractivity contribution in [1.82, 2.24) is 14.8 Å². The lowest BCUT2D eigenvalue weighted by atomic mass is 9.93. The van der Waals surface area contributed by atoms with Crippen molar-refractivity contribution in [3.63, 3.8) is 0 Å². The fraction of sp³-hybridized carbons (Fsp3) is 0.125. The Labute approximate surface area is 242 Å². The maximum Gasteiger partial charge on any atom is 0.179 e. The van der Waals surface area contributed by atoms with E-state index in [2.05, 4.69) is 33.4 Å². The molecule has 1 atom stereocenters. The minimum atomic E-state index is -0.235. The maximum absolute atomic E-state index is 6.33. The van der Waals surface area contributed by atoms with Crippen LogP contribution in [0.2, 0.25) is 5.02 Å². The van der Waals surface area contributed by atoms with Gasteiger partial charge in [-0.2, -0.15) is 9.78 Å². The molecule has 0 amide bonds. The highest BCUT2D eigenvalue weighted by Crippen LogP contribution is 2.48. The van der Waals surface area contributed by atoms with Crippen molar-refractivity contribution in [3.8, 4) is 11.6 Å². The summed E-state index contributed by atoms with van der Waals surface area (Å²) in [6.07, 6.45) is 1.76. The number of ether oxygens (including phenoxy) is 1. The number of halogens is 1. The monoisotopic (exact) mass is 559 g/mol. The Morgan fingerprint density at radius 1 is 0.902 bits per heavy atom. The number of aromatic nitrogens is 3. The van der Waals surface area contributed by atoms with Crippen molar-refractivity contribution in [3.05, 3.63) is 119 Å². The smallest absolute Gasteiger partial charge is 0.179 e. The molecule has 7 rings (SSSR count). The van der Waals surface area contributed by atoms with Gasteiger partial charge in [0.15, 0.2) is 23.3 Å². The summed E-state index contributed by atoms with van der Waals surface area (Å²) in [7, 11) is 0. The number of pyridine rings is 1. The minimum absolute atomic E-state index is 0.235. The lowest BCUT2D eigenvalue weighted by Crippen LogP contribution is -2.46. The zero-order valence-corrected chi connectivity index (χ0v) is 23.2. The summed E-state index contributed by atoms with van der Waals surface area (Å²) < 4.78 is 7.45. The van der Waals surface area contributed by atoms with Crippen molar-refractivity contribution in [1.29, 1.82) is 0 Å². The molecule has 2 aliphatic heterocycles. The van der Waals surface area contributed by atoms with Gasteiger partial charge >= 0.3 is 0 Å². The molecule has 0 saturated carbocycles. The molecule has 5 aromatic rings. The molecular formula is C32H26ClN7O. The first kappa shape index (κ1) is 25.0. The predicted octanol–water partition coefficient (Wildman–Crippen LogP) is 7.42. The Kier molecular flexibility index (Phi) is 6.24. The van der Waals surface area contributed by atoms with Crippen LogP contribution in [0.15, 0.2) is 107 Å². The van der Waals surface area contributed by atoms with Gasteiger partial charge in [-0.05, 0) is 80.1 Å². The van der Waals surface area contributed by atoms with E-state index in [1.807, 2.05) is 91.3 Å². The molecule has 9 heteroatoms. The molecule has 0 aliphatic carbocycles. The number of aliphatic imine (C=N–C) groups is 2. The van der Waals surface area contributed by atoms with E-state index in [-0.39, 0.29) is 6.04 Å². The van der Waals surface area contributed by atoms with Gasteiger partial charge in [0.2, 0.25) is 0 Å². The Bertz CT molecular complexity index is 1790. The number of anilines is 2. The fourth-order valence-corrected chi connectivity index (χ4v) is 5.46. The van der Waals surface area contributed by atoms with E-state index in [0.29, 0.717) is 34.9 Å². The van der Waals surface area contributed by atoms with Crippen LogP contribution in [-0.4, -0.2) is 33.0 Å². The molecule has 41 heavy (non-hydrogen) atoms. The van der Waals surface area contributed by atoms with Crippen molar-refractivity contribution in [2.24, 2.45) is 9.98 Å². The number of para-hydroxylation sites is 2. The van der Waals surface area contributed by atoms with Crippen LogP contribution in [0.25, 0.3) is 5.82 Å². The van der Waals surface area contributed by atoms with Gasteiger partial charge in [-0.25, -0.2) is 15.0 Å². The van der Waals surface area contributed by atoms with Gasteiger partial charge in [-0.3, -0.25) is 0 Å². The Hall–Kier alpha value is -4.95. The predicted molar refractivity (Wildman–Crippen MR) is 164 cm³/mol. The van der Waals surface area contributed by atoms with Crippen LogP contribution < -0.4 is 15.0 Å². The summed E-state index contributed by atoms with van der Waals surface area (Å²) in [4.78, 5) is 17.1. The SMILES string of the molecule is CCOc1ccc(NC2=Nc3ccccc3N3C2=Nc2c(c(C)nn2-c2ccccn2)C3c2ccc(Cl)cc2)cc1. The number of benzene rings is 3. The highest BCUT2D eigenvalue weighted by molar-refractivity contribution is 6.51. The molecule has 0 radical (unpaired) electrons. The van der Waals surface area contributed by atoms with Crippen LogP contribution in [-0.2, 0) is 0 Å². The van der Waals surface area contributed by atoms with Crippen molar-refractivity contribution >= 4 is 46.2 Å². The number of hydrogen-bond acceptors (Lipinski definition) is 7. The summed E-state index contributed by atoms with van der Waals surface area (Å²) in [5.41, 5.74) is 5.60. The highest BCUT2D eigenvalue weighted by Gasteiger charge is 2.41. The van der Waals surface area contributed by atoms with Crippen molar-refractivity contribution in [2.45, 2.75) is 19.9 Å². The average Bonchev–Trinajstić information content (AvgIpc) is 3.34. The van der Waals surface area contributed by atoms with E-state index in [0.717, 1.165) is 39.6 Å². The first-order chi connectivity index (χ1) is 20.1. The summed E-state index contributed by atoms with van der Waals surface area (Å²) in [6, 6.07) is 29.4. The van der Waals surface area contributed by atoms with Gasteiger partial charge in [0.1, 0.15) is 5.75 Å². The zero-order chi connectivity index (χ0) is 27.9. The van der Waals surface area contributed by atoms with Crippen LogP contribution in [0.4, 0.5) is 22.9 Å². The molecule has 2 aliphatic rings. The van der Waals surface area contributed by atoms with Crippen molar-refractivity contribution in [2.75, 3.05) is 16.8 Å². The van der Waals surface area contributed by atoms with Crippen LogP contribution in [0.5, 0.6) is 5.75 Å². The van der Waals surface area contributed by atoms with E-state index in [4.69, 9.17) is 31.4 Å². The third-order valence-electron chi connectivity index (χ3n) is 7.12. The van der Waals surface area contributed by atoms with Crippen LogP contribution >= 0.6 is 11.6 Å². The largest absolute Gasteiger partial charge is 0.494 e. The average molecular weight is 560 g/mol. The van der Waals surface area contributed by atoms with E-state index in [1.54, 1.807) is 6.20 Å². The first-order valence-electron chi connectivity index (χ1n) is 13.4. The van der Waals surface area contributed by atoms with Crippen molar-refractivity contribution < 1.29 is 4.74 Å². The molecule has 2 aromatic heterocycles. The second-order valence-corrected chi connectivity index (χ2v) is 10.1. The van der Waals surface area contributed by atoms with Gasteiger partial charge < -0.3 is 15.0 Å². The van der Waals surface area contributed by atoms with Gasteiger partial charge in [0.05, 0.1) is 29.7 Å². The first-order valence-corrected chi connectivity index (χ1v) is 13.8. The van der Waals surface area contributed by atoms with Crippen LogP contribution in [0.1, 0.15) is 29.8 Å². The second kappa shape index (κ2) is 10.2. The minimum Gasteiger partial charge on any atom is -0.494 e. The normalized spacial score (nSPS) is 15.3. The summed E-state index contributed by atoms with van der Waals surface area (Å²) in [5, 5.41) is 9.13. The van der Waals surface area contributed by atoms with Gasteiger partial charge in [0, 0.05) is 22.5 Å². The van der Waals surface area contributed by atoms with E-state index in [1.165, 1.54) is 0 Å². The summed E-state index contributed by atoms with van der Waals surface area (Å²) in [6.45, 7) is 4.60. The summed E-state index contributed by atoms with van der Waals surface area (Å²) in [5.74, 6) is 3.53. The molecule has 202 valence electrons. The number of nitrogens with one attached hydrogen (secondary N) is 1. The van der Waals surface area contributed by atoms with E-state index in [9.17, 15) is 0 Å². The zero-order valence-electron chi connectivity index (χ0n) is 22.5. The topological polar surface area (TPSA) is 79.9 Å². The standard InChI is InChI=1S/C32H26ClN7O/c1-3-41-24-17-15-23(16-18-24)35-30-32-37-31-28(20(2)38-40(31)27-10-6-7-19-34-27)29(21-11-13-22(33)14-12-21)39(32)26-9-5-4-8-25(26)36-30/h4-19,29H,3H2,1-2H3,(H,35,36). The Morgan fingerprint density at radius 2 is 1.68 bits per heavy atom. The molecule has 1 N–H and O–H groups in total. The molecule has 1 unspecified atom stereocenters. The highest BCUT2D eigenvalue weighted by atomic mass is 35.5. The third-order valence-corrected chi connectivity index (χ3v) is 7.37. The van der Waals surface area contributed by atoms with Crippen LogP contribution in [0.3, 0.4) is 0 Å². The molecule has 0 saturated heterocycles. The fourth-order valence-electron chi connectivity index (χ4n) is 5.33. The van der Waals surface area contributed by atoms with Crippen LogP contribution in [0, 0.1) is 6.92 Å².